The van der Waals surface area contributed by atoms with Crippen LogP contribution in [0.3, 0.4) is 0 Å². The Morgan fingerprint density at radius 1 is 1.36 bits per heavy atom. The van der Waals surface area contributed by atoms with Crippen LogP contribution in [-0.2, 0) is 4.79 Å². The first-order chi connectivity index (χ1) is 10.5. The molecule has 0 aliphatic carbocycles. The first-order valence-corrected chi connectivity index (χ1v) is 7.54. The SMILES string of the molecule is CCCC(NC(=O)c1c[nH]c(C(=O)N2CCCC2)c1)C(=O)O. The summed E-state index contributed by atoms with van der Waals surface area (Å²) in [4.78, 5) is 39.9. The van der Waals surface area contributed by atoms with Gasteiger partial charge in [-0.1, -0.05) is 13.3 Å². The van der Waals surface area contributed by atoms with E-state index in [1.807, 2.05) is 6.92 Å². The molecule has 1 aromatic heterocycles. The molecule has 3 N–H and O–H groups in total. The fourth-order valence-corrected chi connectivity index (χ4v) is 2.53. The van der Waals surface area contributed by atoms with E-state index in [0.29, 0.717) is 18.5 Å². The second-order valence-corrected chi connectivity index (χ2v) is 5.45. The van der Waals surface area contributed by atoms with Crippen LogP contribution in [0.2, 0.25) is 0 Å². The third-order valence-electron chi connectivity index (χ3n) is 3.75. The zero-order chi connectivity index (χ0) is 16.1. The number of amides is 2. The van der Waals surface area contributed by atoms with Gasteiger partial charge in [0, 0.05) is 19.3 Å². The van der Waals surface area contributed by atoms with Crippen LogP contribution in [-0.4, -0.2) is 51.9 Å². The van der Waals surface area contributed by atoms with Crippen LogP contribution in [0.25, 0.3) is 0 Å². The van der Waals surface area contributed by atoms with Gasteiger partial charge in [-0.2, -0.15) is 0 Å². The number of rotatable bonds is 6. The summed E-state index contributed by atoms with van der Waals surface area (Å²) in [6.45, 7) is 3.32. The number of H-pyrrole nitrogens is 1. The molecule has 2 amide bonds. The molecule has 0 saturated carbocycles. The molecule has 2 rings (SSSR count). The highest BCUT2D eigenvalue weighted by molar-refractivity contribution is 6.00. The number of aromatic nitrogens is 1. The quantitative estimate of drug-likeness (QED) is 0.735. The lowest BCUT2D eigenvalue weighted by molar-refractivity contribution is -0.139. The highest BCUT2D eigenvalue weighted by atomic mass is 16.4. The minimum atomic E-state index is -1.06. The van der Waals surface area contributed by atoms with Crippen molar-refractivity contribution >= 4 is 17.8 Å². The number of aromatic amines is 1. The standard InChI is InChI=1S/C15H21N3O4/c1-2-5-11(15(21)22)17-13(19)10-8-12(16-9-10)14(20)18-6-3-4-7-18/h8-9,11,16H,2-7H2,1H3,(H,17,19)(H,21,22). The first-order valence-electron chi connectivity index (χ1n) is 7.54. The van der Waals surface area contributed by atoms with Crippen molar-refractivity contribution in [3.8, 4) is 0 Å². The highest BCUT2D eigenvalue weighted by Crippen LogP contribution is 2.13. The van der Waals surface area contributed by atoms with Gasteiger partial charge in [0.15, 0.2) is 0 Å². The predicted octanol–water partition coefficient (Wildman–Crippen LogP) is 1.23. The minimum absolute atomic E-state index is 0.125. The lowest BCUT2D eigenvalue weighted by atomic mass is 10.1. The van der Waals surface area contributed by atoms with Crippen molar-refractivity contribution in [2.75, 3.05) is 13.1 Å². The third kappa shape index (κ3) is 3.66. The van der Waals surface area contributed by atoms with E-state index >= 15 is 0 Å². The topological polar surface area (TPSA) is 103 Å². The summed E-state index contributed by atoms with van der Waals surface area (Å²) < 4.78 is 0. The van der Waals surface area contributed by atoms with Crippen molar-refractivity contribution < 1.29 is 19.5 Å². The minimum Gasteiger partial charge on any atom is -0.480 e. The molecule has 1 aliphatic heterocycles. The van der Waals surface area contributed by atoms with Gasteiger partial charge in [0.25, 0.3) is 11.8 Å². The fourth-order valence-electron chi connectivity index (χ4n) is 2.53. The summed E-state index contributed by atoms with van der Waals surface area (Å²) in [5.74, 6) is -1.67. The van der Waals surface area contributed by atoms with Gasteiger partial charge in [0.05, 0.1) is 5.56 Å². The van der Waals surface area contributed by atoms with Gasteiger partial charge in [0.2, 0.25) is 0 Å². The fraction of sp³-hybridized carbons (Fsp3) is 0.533. The molecule has 120 valence electrons. The Bertz CT molecular complexity index is 561. The van der Waals surface area contributed by atoms with Gasteiger partial charge < -0.3 is 20.3 Å². The Morgan fingerprint density at radius 3 is 2.64 bits per heavy atom. The molecule has 1 atom stereocenters. The van der Waals surface area contributed by atoms with E-state index in [1.54, 1.807) is 4.90 Å². The molecule has 2 heterocycles. The Labute approximate surface area is 128 Å². The van der Waals surface area contributed by atoms with E-state index in [1.165, 1.54) is 12.3 Å². The van der Waals surface area contributed by atoms with E-state index in [2.05, 4.69) is 10.3 Å². The number of carboxylic acid groups (broad SMARTS) is 1. The molecule has 1 unspecified atom stereocenters. The number of hydrogen-bond acceptors (Lipinski definition) is 3. The van der Waals surface area contributed by atoms with Gasteiger partial charge in [-0.3, -0.25) is 9.59 Å². The van der Waals surface area contributed by atoms with E-state index in [4.69, 9.17) is 5.11 Å². The maximum Gasteiger partial charge on any atom is 0.326 e. The van der Waals surface area contributed by atoms with Crippen LogP contribution in [0.5, 0.6) is 0 Å². The van der Waals surface area contributed by atoms with E-state index in [9.17, 15) is 14.4 Å². The molecule has 0 radical (unpaired) electrons. The van der Waals surface area contributed by atoms with Crippen molar-refractivity contribution in [2.24, 2.45) is 0 Å². The van der Waals surface area contributed by atoms with Crippen molar-refractivity contribution in [3.63, 3.8) is 0 Å². The van der Waals surface area contributed by atoms with Gasteiger partial charge in [-0.15, -0.1) is 0 Å². The molecular formula is C15H21N3O4. The maximum atomic E-state index is 12.2. The van der Waals surface area contributed by atoms with Crippen LogP contribution in [0.15, 0.2) is 12.3 Å². The highest BCUT2D eigenvalue weighted by Gasteiger charge is 2.23. The lowest BCUT2D eigenvalue weighted by Crippen LogP contribution is -2.40. The summed E-state index contributed by atoms with van der Waals surface area (Å²) in [5, 5.41) is 11.5. The molecular weight excluding hydrogens is 286 g/mol. The van der Waals surface area contributed by atoms with E-state index in [0.717, 1.165) is 25.9 Å². The second kappa shape index (κ2) is 7.11. The van der Waals surface area contributed by atoms with Crippen LogP contribution >= 0.6 is 0 Å². The zero-order valence-electron chi connectivity index (χ0n) is 12.6. The molecule has 7 nitrogen and oxygen atoms in total. The number of carbonyl (C=O) groups is 3. The number of hydrogen-bond donors (Lipinski definition) is 3. The van der Waals surface area contributed by atoms with Crippen molar-refractivity contribution in [1.29, 1.82) is 0 Å². The van der Waals surface area contributed by atoms with Gasteiger partial charge in [-0.25, -0.2) is 4.79 Å². The normalized spacial score (nSPS) is 15.6. The average molecular weight is 307 g/mol. The number of carboxylic acids is 1. The average Bonchev–Trinajstić information content (AvgIpc) is 3.17. The third-order valence-corrected chi connectivity index (χ3v) is 3.75. The molecule has 1 aromatic rings. The van der Waals surface area contributed by atoms with Gasteiger partial charge in [-0.05, 0) is 25.3 Å². The Hall–Kier alpha value is -2.31. The summed E-state index contributed by atoms with van der Waals surface area (Å²) >= 11 is 0. The Kier molecular flexibility index (Phi) is 5.19. The molecule has 1 saturated heterocycles. The van der Waals surface area contributed by atoms with Crippen LogP contribution in [0, 0.1) is 0 Å². The van der Waals surface area contributed by atoms with Crippen LogP contribution in [0.1, 0.15) is 53.5 Å². The molecule has 0 bridgehead atoms. The van der Waals surface area contributed by atoms with E-state index < -0.39 is 17.9 Å². The molecule has 1 fully saturated rings. The predicted molar refractivity (Wildman–Crippen MR) is 79.7 cm³/mol. The number of likely N-dealkylation sites (tertiary alicyclic amines) is 1. The maximum absolute atomic E-state index is 12.2. The zero-order valence-corrected chi connectivity index (χ0v) is 12.6. The largest absolute Gasteiger partial charge is 0.480 e. The second-order valence-electron chi connectivity index (χ2n) is 5.45. The smallest absolute Gasteiger partial charge is 0.326 e. The summed E-state index contributed by atoms with van der Waals surface area (Å²) in [5.41, 5.74) is 0.624. The van der Waals surface area contributed by atoms with Crippen molar-refractivity contribution in [1.82, 2.24) is 15.2 Å². The van der Waals surface area contributed by atoms with Crippen molar-refractivity contribution in [3.05, 3.63) is 23.5 Å². The Balaban J connectivity index is 2.02. The molecule has 0 aromatic carbocycles. The molecule has 22 heavy (non-hydrogen) atoms. The molecule has 7 heteroatoms. The molecule has 0 spiro atoms. The number of carbonyl (C=O) groups excluding carboxylic acids is 2. The summed E-state index contributed by atoms with van der Waals surface area (Å²) in [6.07, 6.45) is 4.45. The van der Waals surface area contributed by atoms with E-state index in [-0.39, 0.29) is 11.5 Å². The molecule has 1 aliphatic rings. The number of nitrogens with zero attached hydrogens (tertiary/aromatic N) is 1. The summed E-state index contributed by atoms with van der Waals surface area (Å²) in [6, 6.07) is 0.561. The number of aliphatic carboxylic acids is 1. The number of nitrogens with one attached hydrogen (secondary N) is 2. The first kappa shape index (κ1) is 16.1. The lowest BCUT2D eigenvalue weighted by Gasteiger charge is -2.13. The van der Waals surface area contributed by atoms with Crippen LogP contribution < -0.4 is 5.32 Å². The van der Waals surface area contributed by atoms with Gasteiger partial charge >= 0.3 is 5.97 Å². The van der Waals surface area contributed by atoms with Gasteiger partial charge in [0.1, 0.15) is 11.7 Å². The summed E-state index contributed by atoms with van der Waals surface area (Å²) in [7, 11) is 0. The Morgan fingerprint density at radius 2 is 2.05 bits per heavy atom. The van der Waals surface area contributed by atoms with Crippen LogP contribution in [0.4, 0.5) is 0 Å². The van der Waals surface area contributed by atoms with Crippen molar-refractivity contribution in [2.45, 2.75) is 38.6 Å². The monoisotopic (exact) mass is 307 g/mol.